The van der Waals surface area contributed by atoms with Crippen molar-refractivity contribution in [1.82, 2.24) is 0 Å². The Balaban J connectivity index is 2.46. The van der Waals surface area contributed by atoms with Gasteiger partial charge in [-0.25, -0.2) is 0 Å². The summed E-state index contributed by atoms with van der Waals surface area (Å²) in [6, 6.07) is 0. The molecule has 0 radical (unpaired) electrons. The minimum absolute atomic E-state index is 0.523. The van der Waals surface area contributed by atoms with Gasteiger partial charge in [-0.3, -0.25) is 0 Å². The van der Waals surface area contributed by atoms with Gasteiger partial charge in [0, 0.05) is 0 Å². The fourth-order valence-electron chi connectivity index (χ4n) is 2.16. The summed E-state index contributed by atoms with van der Waals surface area (Å²) in [7, 11) is 2.43. The van der Waals surface area contributed by atoms with Crippen LogP contribution in [0.5, 0.6) is 0 Å². The third-order valence-corrected chi connectivity index (χ3v) is 3.47. The van der Waals surface area contributed by atoms with Crippen LogP contribution in [-0.2, 0) is 0 Å². The van der Waals surface area contributed by atoms with Crippen LogP contribution in [0.4, 0.5) is 0 Å². The Hall–Kier alpha value is 0.0649. The van der Waals surface area contributed by atoms with Crippen LogP contribution < -0.4 is 0 Å². The molecule has 0 bridgehead atoms. The fourth-order valence-corrected chi connectivity index (χ4v) is 2.16. The molecule has 0 aliphatic heterocycles. The van der Waals surface area contributed by atoms with Crippen LogP contribution in [0.2, 0.25) is 5.82 Å². The van der Waals surface area contributed by atoms with E-state index in [9.17, 15) is 0 Å². The first-order valence-electron chi connectivity index (χ1n) is 5.02. The molecule has 0 aromatic heterocycles. The molecule has 1 aliphatic rings. The monoisotopic (exact) mass is 152 g/mol. The minimum Gasteiger partial charge on any atom is -0.0622 e. The summed E-state index contributed by atoms with van der Waals surface area (Å²) in [5.74, 6) is 1.93. The van der Waals surface area contributed by atoms with E-state index in [0.717, 1.165) is 11.7 Å². The predicted molar refractivity (Wildman–Crippen MR) is 53.7 cm³/mol. The lowest BCUT2D eigenvalue weighted by Gasteiger charge is -2.32. The molecule has 0 aromatic rings. The van der Waals surface area contributed by atoms with Crippen molar-refractivity contribution in [3.05, 3.63) is 0 Å². The first-order chi connectivity index (χ1) is 5.02. The highest BCUT2D eigenvalue weighted by molar-refractivity contribution is 6.12. The van der Waals surface area contributed by atoms with Gasteiger partial charge in [0.2, 0.25) is 0 Å². The SMILES string of the molecule is BC(C1CCCC1)C(C)(C)C. The zero-order valence-electron chi connectivity index (χ0n) is 8.48. The van der Waals surface area contributed by atoms with Gasteiger partial charge in [0.25, 0.3) is 0 Å². The lowest BCUT2D eigenvalue weighted by atomic mass is 9.61. The molecule has 0 spiro atoms. The quantitative estimate of drug-likeness (QED) is 0.506. The largest absolute Gasteiger partial charge is 0.106 e. The van der Waals surface area contributed by atoms with E-state index in [-0.39, 0.29) is 0 Å². The van der Waals surface area contributed by atoms with Crippen molar-refractivity contribution in [2.45, 2.75) is 52.3 Å². The van der Waals surface area contributed by atoms with Crippen molar-refractivity contribution in [1.29, 1.82) is 0 Å². The van der Waals surface area contributed by atoms with Crippen molar-refractivity contribution in [3.63, 3.8) is 0 Å². The van der Waals surface area contributed by atoms with E-state index >= 15 is 0 Å². The zero-order valence-corrected chi connectivity index (χ0v) is 8.48. The predicted octanol–water partition coefficient (Wildman–Crippen LogP) is 2.64. The number of hydrogen-bond donors (Lipinski definition) is 0. The van der Waals surface area contributed by atoms with Crippen molar-refractivity contribution in [2.24, 2.45) is 11.3 Å². The van der Waals surface area contributed by atoms with Crippen molar-refractivity contribution >= 4 is 7.85 Å². The maximum absolute atomic E-state index is 2.43. The van der Waals surface area contributed by atoms with Crippen LogP contribution in [0.25, 0.3) is 0 Å². The van der Waals surface area contributed by atoms with E-state index in [0.29, 0.717) is 5.41 Å². The van der Waals surface area contributed by atoms with Crippen molar-refractivity contribution in [2.75, 3.05) is 0 Å². The van der Waals surface area contributed by atoms with Crippen LogP contribution in [-0.4, -0.2) is 7.85 Å². The van der Waals surface area contributed by atoms with Crippen LogP contribution in [0, 0.1) is 11.3 Å². The molecular formula is C10H21B. The lowest BCUT2D eigenvalue weighted by molar-refractivity contribution is 0.298. The Bertz CT molecular complexity index is 117. The molecule has 1 heteroatoms. The second-order valence-electron chi connectivity index (χ2n) is 5.20. The summed E-state index contributed by atoms with van der Waals surface area (Å²) in [5, 5.41) is 0. The summed E-state index contributed by atoms with van der Waals surface area (Å²) in [6.07, 6.45) is 5.92. The van der Waals surface area contributed by atoms with Crippen LogP contribution >= 0.6 is 0 Å². The third-order valence-electron chi connectivity index (χ3n) is 3.47. The zero-order chi connectivity index (χ0) is 8.48. The van der Waals surface area contributed by atoms with Gasteiger partial charge >= 0.3 is 0 Å². The third kappa shape index (κ3) is 2.25. The van der Waals surface area contributed by atoms with Gasteiger partial charge < -0.3 is 0 Å². The molecule has 64 valence electrons. The average Bonchev–Trinajstić information content (AvgIpc) is 2.34. The molecule has 0 N–H and O–H groups in total. The highest BCUT2D eigenvalue weighted by Gasteiger charge is 2.29. The van der Waals surface area contributed by atoms with Gasteiger partial charge in [0.1, 0.15) is 7.85 Å². The highest BCUT2D eigenvalue weighted by atomic mass is 14.3. The Kier molecular flexibility index (Phi) is 2.67. The van der Waals surface area contributed by atoms with E-state index in [1.807, 2.05) is 0 Å². The molecule has 0 amide bonds. The summed E-state index contributed by atoms with van der Waals surface area (Å²) in [4.78, 5) is 0. The molecule has 0 nitrogen and oxygen atoms in total. The lowest BCUT2D eigenvalue weighted by Crippen LogP contribution is -2.21. The van der Waals surface area contributed by atoms with E-state index in [2.05, 4.69) is 28.6 Å². The van der Waals surface area contributed by atoms with Gasteiger partial charge in [0.15, 0.2) is 0 Å². The van der Waals surface area contributed by atoms with Crippen LogP contribution in [0.15, 0.2) is 0 Å². The molecule has 1 saturated carbocycles. The molecule has 0 heterocycles. The molecule has 1 rings (SSSR count). The molecule has 0 saturated heterocycles. The molecule has 1 aliphatic carbocycles. The Morgan fingerprint density at radius 2 is 1.64 bits per heavy atom. The first kappa shape index (κ1) is 9.16. The summed E-state index contributed by atoms with van der Waals surface area (Å²) < 4.78 is 0. The Labute approximate surface area is 72.2 Å². The van der Waals surface area contributed by atoms with Gasteiger partial charge in [-0.1, -0.05) is 52.3 Å². The van der Waals surface area contributed by atoms with E-state index in [1.165, 1.54) is 25.7 Å². The van der Waals surface area contributed by atoms with Crippen LogP contribution in [0.3, 0.4) is 0 Å². The van der Waals surface area contributed by atoms with Gasteiger partial charge in [-0.2, -0.15) is 0 Å². The Morgan fingerprint density at radius 3 is 2.00 bits per heavy atom. The van der Waals surface area contributed by atoms with Crippen molar-refractivity contribution < 1.29 is 0 Å². The Morgan fingerprint density at radius 1 is 1.18 bits per heavy atom. The molecule has 1 fully saturated rings. The van der Waals surface area contributed by atoms with Crippen molar-refractivity contribution in [3.8, 4) is 0 Å². The minimum atomic E-state index is 0.523. The second-order valence-corrected chi connectivity index (χ2v) is 5.20. The summed E-state index contributed by atoms with van der Waals surface area (Å²) in [5.41, 5.74) is 0.523. The van der Waals surface area contributed by atoms with E-state index < -0.39 is 0 Å². The highest BCUT2D eigenvalue weighted by Crippen LogP contribution is 2.42. The molecule has 1 atom stereocenters. The number of hydrogen-bond acceptors (Lipinski definition) is 0. The van der Waals surface area contributed by atoms with Crippen LogP contribution in [0.1, 0.15) is 46.5 Å². The summed E-state index contributed by atoms with van der Waals surface area (Å²) in [6.45, 7) is 7.11. The topological polar surface area (TPSA) is 0 Å². The summed E-state index contributed by atoms with van der Waals surface area (Å²) >= 11 is 0. The van der Waals surface area contributed by atoms with Gasteiger partial charge in [0.05, 0.1) is 0 Å². The van der Waals surface area contributed by atoms with Gasteiger partial charge in [-0.15, -0.1) is 0 Å². The number of rotatable bonds is 1. The van der Waals surface area contributed by atoms with Gasteiger partial charge in [-0.05, 0) is 11.3 Å². The normalized spacial score (nSPS) is 23.9. The average molecular weight is 152 g/mol. The molecule has 11 heavy (non-hydrogen) atoms. The molecular weight excluding hydrogens is 131 g/mol. The standard InChI is InChI=1S/C10H21B/c1-10(2,3)9(11)8-6-4-5-7-8/h8-9H,4-7,11H2,1-3H3. The van der Waals surface area contributed by atoms with E-state index in [1.54, 1.807) is 0 Å². The fraction of sp³-hybridized carbons (Fsp3) is 1.00. The molecule has 1 unspecified atom stereocenters. The smallest absolute Gasteiger partial charge is 0.0622 e. The maximum atomic E-state index is 2.43. The maximum Gasteiger partial charge on any atom is 0.106 e. The van der Waals surface area contributed by atoms with E-state index in [4.69, 9.17) is 0 Å². The second kappa shape index (κ2) is 3.20. The first-order valence-corrected chi connectivity index (χ1v) is 5.02. The molecule has 0 aromatic carbocycles.